The molecule has 6 nitrogen and oxygen atoms in total. The van der Waals surface area contributed by atoms with Crippen LogP contribution in [0.2, 0.25) is 0 Å². The molecule has 0 radical (unpaired) electrons. The van der Waals surface area contributed by atoms with E-state index in [0.717, 1.165) is 24.3 Å². The number of anilines is 2. The number of hydrogen-bond donors (Lipinski definition) is 4. The number of halogens is 6. The molecule has 196 valence electrons. The van der Waals surface area contributed by atoms with E-state index >= 15 is 0 Å². The van der Waals surface area contributed by atoms with Crippen LogP contribution in [-0.2, 0) is 23.4 Å². The topological polar surface area (TPSA) is 123 Å². The molecule has 2 bridgehead atoms. The maximum atomic E-state index is 13.7. The quantitative estimate of drug-likeness (QED) is 0.273. The van der Waals surface area contributed by atoms with E-state index in [-0.39, 0.29) is 23.5 Å². The van der Waals surface area contributed by atoms with Crippen LogP contribution in [0.25, 0.3) is 0 Å². The summed E-state index contributed by atoms with van der Waals surface area (Å²) in [5, 5.41) is 0. The second kappa shape index (κ2) is 7.93. The molecule has 0 spiro atoms. The lowest BCUT2D eigenvalue weighted by molar-refractivity contribution is -0.140. The van der Waals surface area contributed by atoms with Gasteiger partial charge < -0.3 is 32.4 Å². The third-order valence-electron chi connectivity index (χ3n) is 6.97. The number of nitrogen functional groups attached to an aromatic ring is 2. The maximum Gasteiger partial charge on any atom is 0.420 e. The third-order valence-corrected chi connectivity index (χ3v) is 6.97. The summed E-state index contributed by atoms with van der Waals surface area (Å²) in [4.78, 5) is 0. The molecule has 0 saturated heterocycles. The number of benzene rings is 3. The van der Waals surface area contributed by atoms with E-state index in [2.05, 4.69) is 0 Å². The summed E-state index contributed by atoms with van der Waals surface area (Å²) in [5.74, 6) is -0.903. The average molecular weight is 524 g/mol. The Balaban J connectivity index is 1.52. The van der Waals surface area contributed by atoms with E-state index in [1.54, 1.807) is 6.07 Å². The van der Waals surface area contributed by atoms with Crippen molar-refractivity contribution >= 4 is 11.4 Å². The molecule has 2 aliphatic carbocycles. The Morgan fingerprint density at radius 2 is 1.19 bits per heavy atom. The van der Waals surface area contributed by atoms with E-state index in [1.165, 1.54) is 24.3 Å². The monoisotopic (exact) mass is 524 g/mol. The molecule has 0 heterocycles. The van der Waals surface area contributed by atoms with Crippen LogP contribution in [0.3, 0.4) is 0 Å². The molecule has 0 aromatic heterocycles. The molecule has 0 amide bonds. The fraction of sp³-hybridized carbons (Fsp3) is 0.280. The van der Waals surface area contributed by atoms with Gasteiger partial charge in [-0.25, -0.2) is 0 Å². The molecule has 3 unspecified atom stereocenters. The molecule has 2 aliphatic rings. The first kappa shape index (κ1) is 25.0. The Bertz CT molecular complexity index is 1390. The van der Waals surface area contributed by atoms with Crippen molar-refractivity contribution in [2.45, 2.75) is 42.4 Å². The number of hydrogen-bond acceptors (Lipinski definition) is 6. The van der Waals surface area contributed by atoms with Gasteiger partial charge in [-0.1, -0.05) is 6.07 Å². The highest BCUT2D eigenvalue weighted by atomic mass is 19.4. The largest absolute Gasteiger partial charge is 0.485 e. The summed E-state index contributed by atoms with van der Waals surface area (Å²) in [6.45, 7) is 0. The standard InChI is InChI=1S/C25H22F6N4O2/c26-24(27,28)17-9-12(32)1-5-19(17)36-14-3-4-15-16(11-14)23(35)8-7-22(15,34)21(23)37-20-6-2-13(33)10-18(20)25(29,30)31/h1-6,9-11,21H,7-8,32-35H2. The average Bonchev–Trinajstić information content (AvgIpc) is 3.15. The Morgan fingerprint density at radius 3 is 1.76 bits per heavy atom. The van der Waals surface area contributed by atoms with Gasteiger partial charge in [-0.2, -0.15) is 26.3 Å². The van der Waals surface area contributed by atoms with E-state index in [4.69, 9.17) is 32.4 Å². The van der Waals surface area contributed by atoms with Gasteiger partial charge in [0, 0.05) is 11.4 Å². The lowest BCUT2D eigenvalue weighted by Gasteiger charge is -2.32. The van der Waals surface area contributed by atoms with E-state index in [9.17, 15) is 26.3 Å². The molecule has 12 heteroatoms. The van der Waals surface area contributed by atoms with Gasteiger partial charge in [-0.3, -0.25) is 0 Å². The molecule has 0 aliphatic heterocycles. The highest BCUT2D eigenvalue weighted by Crippen LogP contribution is 2.58. The summed E-state index contributed by atoms with van der Waals surface area (Å²) in [7, 11) is 0. The highest BCUT2D eigenvalue weighted by molar-refractivity contribution is 5.57. The van der Waals surface area contributed by atoms with Gasteiger partial charge in [0.1, 0.15) is 28.9 Å². The van der Waals surface area contributed by atoms with E-state index < -0.39 is 52.2 Å². The van der Waals surface area contributed by atoms with Crippen LogP contribution < -0.4 is 32.4 Å². The van der Waals surface area contributed by atoms with Crippen molar-refractivity contribution in [2.75, 3.05) is 11.5 Å². The van der Waals surface area contributed by atoms with Crippen molar-refractivity contribution in [3.05, 3.63) is 76.9 Å². The molecule has 1 saturated carbocycles. The fourth-order valence-electron chi connectivity index (χ4n) is 5.26. The lowest BCUT2D eigenvalue weighted by atomic mass is 9.85. The van der Waals surface area contributed by atoms with Crippen molar-refractivity contribution < 1.29 is 35.8 Å². The van der Waals surface area contributed by atoms with Crippen LogP contribution in [0.5, 0.6) is 17.2 Å². The van der Waals surface area contributed by atoms with Gasteiger partial charge in [0.15, 0.2) is 0 Å². The first-order valence-corrected chi connectivity index (χ1v) is 11.1. The molecule has 1 fully saturated rings. The first-order chi connectivity index (χ1) is 17.1. The fourth-order valence-corrected chi connectivity index (χ4v) is 5.26. The zero-order valence-corrected chi connectivity index (χ0v) is 19.1. The van der Waals surface area contributed by atoms with Crippen LogP contribution in [0.4, 0.5) is 37.7 Å². The molecular weight excluding hydrogens is 502 g/mol. The van der Waals surface area contributed by atoms with Crippen molar-refractivity contribution in [1.82, 2.24) is 0 Å². The lowest BCUT2D eigenvalue weighted by Crippen LogP contribution is -2.52. The van der Waals surface area contributed by atoms with Gasteiger partial charge in [0.05, 0.1) is 16.6 Å². The summed E-state index contributed by atoms with van der Waals surface area (Å²) >= 11 is 0. The Labute approximate surface area is 207 Å². The molecule has 3 aromatic rings. The van der Waals surface area contributed by atoms with E-state index in [1.807, 2.05) is 0 Å². The molecule has 3 atom stereocenters. The number of alkyl halides is 6. The summed E-state index contributed by atoms with van der Waals surface area (Å²) in [6, 6.07) is 10.7. The molecule has 3 aromatic carbocycles. The predicted molar refractivity (Wildman–Crippen MR) is 124 cm³/mol. The number of fused-ring (bicyclic) bond motifs is 5. The van der Waals surface area contributed by atoms with Gasteiger partial charge >= 0.3 is 12.4 Å². The van der Waals surface area contributed by atoms with Gasteiger partial charge in [0.25, 0.3) is 0 Å². The smallest absolute Gasteiger partial charge is 0.420 e. The molecule has 8 N–H and O–H groups in total. The SMILES string of the molecule is Nc1ccc(Oc2ccc3c(c2)C2(N)CCC3(N)C2Oc2ccc(N)cc2C(F)(F)F)c(C(F)(F)F)c1. The number of nitrogens with two attached hydrogens (primary N) is 4. The van der Waals surface area contributed by atoms with Gasteiger partial charge in [-0.05, 0) is 72.5 Å². The number of rotatable bonds is 4. The molecular formula is C25H22F6N4O2. The van der Waals surface area contributed by atoms with Crippen molar-refractivity contribution in [1.29, 1.82) is 0 Å². The Morgan fingerprint density at radius 1 is 0.676 bits per heavy atom. The molecule has 5 rings (SSSR count). The second-order valence-corrected chi connectivity index (χ2v) is 9.39. The number of ether oxygens (including phenoxy) is 2. The minimum atomic E-state index is -4.74. The summed E-state index contributed by atoms with van der Waals surface area (Å²) < 4.78 is 92.9. The van der Waals surface area contributed by atoms with Crippen molar-refractivity contribution in [3.63, 3.8) is 0 Å². The van der Waals surface area contributed by atoms with E-state index in [0.29, 0.717) is 17.5 Å². The third kappa shape index (κ3) is 4.00. The maximum absolute atomic E-state index is 13.7. The van der Waals surface area contributed by atoms with Gasteiger partial charge in [-0.15, -0.1) is 0 Å². The van der Waals surface area contributed by atoms with Crippen LogP contribution in [0.1, 0.15) is 35.1 Å². The minimum Gasteiger partial charge on any atom is -0.485 e. The zero-order valence-electron chi connectivity index (χ0n) is 19.1. The van der Waals surface area contributed by atoms with Crippen LogP contribution in [0.15, 0.2) is 54.6 Å². The van der Waals surface area contributed by atoms with Crippen LogP contribution in [-0.4, -0.2) is 6.10 Å². The predicted octanol–water partition coefficient (Wildman–Crippen LogP) is 5.24. The van der Waals surface area contributed by atoms with Crippen molar-refractivity contribution in [3.8, 4) is 17.2 Å². The zero-order chi connectivity index (χ0) is 27.0. The van der Waals surface area contributed by atoms with Gasteiger partial charge in [0.2, 0.25) is 0 Å². The Kier molecular flexibility index (Phi) is 5.36. The van der Waals surface area contributed by atoms with Crippen LogP contribution >= 0.6 is 0 Å². The minimum absolute atomic E-state index is 0.0391. The Hall–Kier alpha value is -3.64. The first-order valence-electron chi connectivity index (χ1n) is 11.1. The summed E-state index contributed by atoms with van der Waals surface area (Å²) in [5.41, 5.74) is 20.5. The summed E-state index contributed by atoms with van der Waals surface area (Å²) in [6.07, 6.45) is -9.94. The van der Waals surface area contributed by atoms with Crippen LogP contribution in [0, 0.1) is 0 Å². The highest BCUT2D eigenvalue weighted by Gasteiger charge is 2.64. The molecule has 37 heavy (non-hydrogen) atoms. The normalized spacial score (nSPS) is 24.7. The van der Waals surface area contributed by atoms with Crippen molar-refractivity contribution in [2.24, 2.45) is 11.5 Å². The second-order valence-electron chi connectivity index (χ2n) is 9.39.